The van der Waals surface area contributed by atoms with E-state index >= 15 is 0 Å². The lowest BCUT2D eigenvalue weighted by atomic mass is 10.0. The van der Waals surface area contributed by atoms with Gasteiger partial charge in [0.2, 0.25) is 0 Å². The van der Waals surface area contributed by atoms with Crippen LogP contribution in [0.1, 0.15) is 27.8 Å². The van der Waals surface area contributed by atoms with Crippen molar-refractivity contribution in [2.45, 2.75) is 6.18 Å². The van der Waals surface area contributed by atoms with E-state index < -0.39 is 17.6 Å². The summed E-state index contributed by atoms with van der Waals surface area (Å²) < 4.78 is 53.1. The molecule has 0 N–H and O–H groups in total. The summed E-state index contributed by atoms with van der Waals surface area (Å²) in [6.45, 7) is 0. The van der Waals surface area contributed by atoms with E-state index in [1.165, 1.54) is 36.4 Å². The van der Waals surface area contributed by atoms with Crippen molar-refractivity contribution in [2.75, 3.05) is 0 Å². The molecule has 4 heteroatoms. The summed E-state index contributed by atoms with van der Waals surface area (Å²) >= 11 is 0. The summed E-state index contributed by atoms with van der Waals surface area (Å²) in [5.41, 5.74) is 0.385. The summed E-state index contributed by atoms with van der Waals surface area (Å²) in [4.78, 5) is 0. The molecule has 0 aliphatic carbocycles. The Morgan fingerprint density at radius 2 is 1.15 bits per heavy atom. The topological polar surface area (TPSA) is 0 Å². The Bertz CT molecular complexity index is 1060. The molecule has 0 amide bonds. The molecular weight excluding hydrogens is 352 g/mol. The van der Waals surface area contributed by atoms with E-state index in [1.54, 1.807) is 24.3 Å². The third kappa shape index (κ3) is 5.00. The Labute approximate surface area is 154 Å². The van der Waals surface area contributed by atoms with Gasteiger partial charge in [-0.25, -0.2) is 4.39 Å². The van der Waals surface area contributed by atoms with E-state index in [1.807, 2.05) is 6.07 Å². The van der Waals surface area contributed by atoms with E-state index in [4.69, 9.17) is 0 Å². The maximum absolute atomic E-state index is 13.4. The first-order valence-electron chi connectivity index (χ1n) is 7.98. The Morgan fingerprint density at radius 3 is 1.81 bits per heavy atom. The fourth-order valence-electron chi connectivity index (χ4n) is 2.30. The van der Waals surface area contributed by atoms with Crippen molar-refractivity contribution in [1.82, 2.24) is 0 Å². The molecule has 132 valence electrons. The number of alkyl halides is 3. The van der Waals surface area contributed by atoms with Crippen LogP contribution in [0.25, 0.3) is 0 Å². The molecule has 0 heterocycles. The van der Waals surface area contributed by atoms with Crippen LogP contribution < -0.4 is 0 Å². The summed E-state index contributed by atoms with van der Waals surface area (Å²) in [6, 6.07) is 18.0. The minimum atomic E-state index is -4.56. The van der Waals surface area contributed by atoms with E-state index in [-0.39, 0.29) is 11.1 Å². The molecule has 0 spiro atoms. The van der Waals surface area contributed by atoms with Gasteiger partial charge < -0.3 is 0 Å². The molecule has 0 saturated carbocycles. The lowest BCUT2D eigenvalue weighted by Gasteiger charge is -2.09. The molecular formula is C23H12F4. The third-order valence-corrected chi connectivity index (χ3v) is 3.64. The molecule has 0 saturated heterocycles. The fourth-order valence-corrected chi connectivity index (χ4v) is 2.30. The van der Waals surface area contributed by atoms with Crippen LogP contribution in [0.15, 0.2) is 72.8 Å². The Balaban J connectivity index is 1.96. The Hall–Kier alpha value is -3.50. The van der Waals surface area contributed by atoms with Crippen molar-refractivity contribution < 1.29 is 17.6 Å². The highest BCUT2D eigenvalue weighted by Crippen LogP contribution is 2.32. The number of benzene rings is 3. The highest BCUT2D eigenvalue weighted by Gasteiger charge is 2.33. The Morgan fingerprint density at radius 1 is 0.593 bits per heavy atom. The van der Waals surface area contributed by atoms with Crippen LogP contribution in [0.5, 0.6) is 0 Å². The first-order valence-corrected chi connectivity index (χ1v) is 7.98. The second kappa shape index (κ2) is 7.81. The van der Waals surface area contributed by atoms with E-state index in [0.29, 0.717) is 11.1 Å². The number of rotatable bonds is 0. The van der Waals surface area contributed by atoms with Gasteiger partial charge in [0.15, 0.2) is 0 Å². The van der Waals surface area contributed by atoms with Crippen molar-refractivity contribution in [3.05, 3.63) is 106 Å². The number of halogens is 4. The molecule has 0 nitrogen and oxygen atoms in total. The van der Waals surface area contributed by atoms with Crippen LogP contribution in [0, 0.1) is 29.5 Å². The van der Waals surface area contributed by atoms with Crippen molar-refractivity contribution in [3.8, 4) is 23.7 Å². The van der Waals surface area contributed by atoms with Crippen molar-refractivity contribution in [2.24, 2.45) is 0 Å². The quantitative estimate of drug-likeness (QED) is 0.357. The summed E-state index contributed by atoms with van der Waals surface area (Å²) in [7, 11) is 0. The van der Waals surface area contributed by atoms with E-state index in [0.717, 1.165) is 6.07 Å². The highest BCUT2D eigenvalue weighted by atomic mass is 19.4. The van der Waals surface area contributed by atoms with E-state index in [2.05, 4.69) is 23.7 Å². The molecule has 0 aliphatic heterocycles. The van der Waals surface area contributed by atoms with Crippen LogP contribution in [0.3, 0.4) is 0 Å². The molecule has 3 aromatic carbocycles. The monoisotopic (exact) mass is 364 g/mol. The number of hydrogen-bond acceptors (Lipinski definition) is 0. The van der Waals surface area contributed by atoms with Crippen molar-refractivity contribution in [3.63, 3.8) is 0 Å². The van der Waals surface area contributed by atoms with Gasteiger partial charge in [0.25, 0.3) is 0 Å². The zero-order chi connectivity index (χ0) is 19.3. The summed E-state index contributed by atoms with van der Waals surface area (Å²) in [5, 5.41) is 0. The molecule has 0 radical (unpaired) electrons. The van der Waals surface area contributed by atoms with Gasteiger partial charge >= 0.3 is 6.18 Å². The maximum Gasteiger partial charge on any atom is 0.417 e. The third-order valence-electron chi connectivity index (χ3n) is 3.64. The van der Waals surface area contributed by atoms with Gasteiger partial charge in [-0.15, -0.1) is 0 Å². The fraction of sp³-hybridized carbons (Fsp3) is 0.0435. The Kier molecular flexibility index (Phi) is 5.29. The zero-order valence-corrected chi connectivity index (χ0v) is 13.9. The van der Waals surface area contributed by atoms with Gasteiger partial charge in [0.05, 0.1) is 5.56 Å². The van der Waals surface area contributed by atoms with Crippen molar-refractivity contribution in [1.29, 1.82) is 0 Å². The van der Waals surface area contributed by atoms with Gasteiger partial charge in [-0.3, -0.25) is 0 Å². The minimum absolute atomic E-state index is 0.155. The molecule has 0 aliphatic rings. The highest BCUT2D eigenvalue weighted by molar-refractivity contribution is 5.52. The van der Waals surface area contributed by atoms with Crippen LogP contribution >= 0.6 is 0 Å². The van der Waals surface area contributed by atoms with Gasteiger partial charge in [0, 0.05) is 22.3 Å². The predicted octanol–water partition coefficient (Wildman–Crippen LogP) is 5.64. The average Bonchev–Trinajstić information content (AvgIpc) is 2.66. The van der Waals surface area contributed by atoms with Crippen molar-refractivity contribution >= 4 is 0 Å². The second-order valence-corrected chi connectivity index (χ2v) is 5.63. The maximum atomic E-state index is 13.4. The first-order chi connectivity index (χ1) is 12.9. The zero-order valence-electron chi connectivity index (χ0n) is 13.9. The van der Waals surface area contributed by atoms with Gasteiger partial charge in [0.1, 0.15) is 5.82 Å². The molecule has 0 aromatic heterocycles. The van der Waals surface area contributed by atoms with Gasteiger partial charge in [-0.05, 0) is 54.6 Å². The van der Waals surface area contributed by atoms with Crippen LogP contribution in [-0.2, 0) is 6.18 Å². The van der Waals surface area contributed by atoms with Crippen LogP contribution in [0.2, 0.25) is 0 Å². The van der Waals surface area contributed by atoms with Crippen LogP contribution in [0.4, 0.5) is 17.6 Å². The molecule has 0 fully saturated rings. The molecule has 3 aromatic rings. The largest absolute Gasteiger partial charge is 0.417 e. The lowest BCUT2D eigenvalue weighted by molar-refractivity contribution is -0.137. The summed E-state index contributed by atoms with van der Waals surface area (Å²) in [5.74, 6) is 10.3. The van der Waals surface area contributed by atoms with Crippen LogP contribution in [-0.4, -0.2) is 0 Å². The van der Waals surface area contributed by atoms with Gasteiger partial charge in [-0.2, -0.15) is 13.2 Å². The minimum Gasteiger partial charge on any atom is -0.207 e. The molecule has 27 heavy (non-hydrogen) atoms. The molecule has 0 atom stereocenters. The smallest absolute Gasteiger partial charge is 0.207 e. The first kappa shape index (κ1) is 18.3. The molecule has 3 rings (SSSR count). The van der Waals surface area contributed by atoms with E-state index in [9.17, 15) is 17.6 Å². The average molecular weight is 364 g/mol. The normalized spacial score (nSPS) is 10.4. The second-order valence-electron chi connectivity index (χ2n) is 5.63. The standard InChI is InChI=1S/C23H12F4/c24-21-14-10-18(11-15-21)8-12-20-13-9-19(16-22(20)23(25,26)27)7-6-17-4-2-1-3-5-17/h1-5,9-11,13-16H. The number of hydrogen-bond donors (Lipinski definition) is 0. The molecule has 0 unspecified atom stereocenters. The molecule has 0 bridgehead atoms. The lowest BCUT2D eigenvalue weighted by Crippen LogP contribution is -2.08. The van der Waals surface area contributed by atoms with Gasteiger partial charge in [-0.1, -0.05) is 41.9 Å². The predicted molar refractivity (Wildman–Crippen MR) is 96.2 cm³/mol. The SMILES string of the molecule is Fc1ccc(C#Cc2ccc(C#Cc3ccccc3)cc2C(F)(F)F)cc1. The summed E-state index contributed by atoms with van der Waals surface area (Å²) in [6.07, 6.45) is -4.56.